The number of alkyl halides is 1. The Morgan fingerprint density at radius 2 is 1.68 bits per heavy atom. The molecular weight excluding hydrogens is 317 g/mol. The van der Waals surface area contributed by atoms with Gasteiger partial charge in [0.05, 0.1) is 0 Å². The summed E-state index contributed by atoms with van der Waals surface area (Å²) in [5, 5.41) is 0. The molecule has 0 radical (unpaired) electrons. The average Bonchev–Trinajstić information content (AvgIpc) is 2.68. The minimum Gasteiger partial charge on any atom is -0.485 e. The van der Waals surface area contributed by atoms with E-state index in [2.05, 4.69) is 9.98 Å². The lowest BCUT2D eigenvalue weighted by atomic mass is 10.1. The molecule has 0 fully saturated rings. The van der Waals surface area contributed by atoms with Crippen molar-refractivity contribution in [3.63, 3.8) is 0 Å². The van der Waals surface area contributed by atoms with Crippen LogP contribution < -0.4 is 10.5 Å². The number of hydrogen-bond acceptors (Lipinski definition) is 3. The fourth-order valence-corrected chi connectivity index (χ4v) is 2.29. The number of aliphatic imine (C=N–C) groups is 1. The van der Waals surface area contributed by atoms with Crippen molar-refractivity contribution in [3.05, 3.63) is 90.1 Å². The van der Waals surface area contributed by atoms with Crippen molar-refractivity contribution < 1.29 is 9.13 Å². The second-order valence-corrected chi connectivity index (χ2v) is 5.41. The number of rotatable bonds is 6. The van der Waals surface area contributed by atoms with Gasteiger partial charge in [-0.15, -0.1) is 0 Å². The molecule has 4 nitrogen and oxygen atoms in total. The van der Waals surface area contributed by atoms with E-state index in [1.807, 2.05) is 36.4 Å². The van der Waals surface area contributed by atoms with Gasteiger partial charge in [-0.3, -0.25) is 0 Å². The van der Waals surface area contributed by atoms with Gasteiger partial charge in [0.25, 0.3) is 0 Å². The van der Waals surface area contributed by atoms with Gasteiger partial charge in [0, 0.05) is 6.20 Å². The minimum absolute atomic E-state index is 0.158. The van der Waals surface area contributed by atoms with Crippen LogP contribution in [0.3, 0.4) is 0 Å². The van der Waals surface area contributed by atoms with Crippen LogP contribution in [0.1, 0.15) is 17.3 Å². The quantitative estimate of drug-likeness (QED) is 0.538. The predicted molar refractivity (Wildman–Crippen MR) is 96.6 cm³/mol. The van der Waals surface area contributed by atoms with Crippen LogP contribution in [0.15, 0.2) is 84.0 Å². The molecule has 1 aromatic heterocycles. The molecule has 0 aliphatic rings. The normalized spacial score (nSPS) is 12.6. The van der Waals surface area contributed by atoms with Crippen molar-refractivity contribution in [2.45, 2.75) is 12.8 Å². The molecule has 0 spiro atoms. The van der Waals surface area contributed by atoms with Gasteiger partial charge in [0.1, 0.15) is 12.4 Å². The number of aromatic nitrogens is 1. The summed E-state index contributed by atoms with van der Waals surface area (Å²) in [6.07, 6.45) is 0.0715. The third kappa shape index (κ3) is 4.41. The first-order chi connectivity index (χ1) is 12.2. The molecule has 1 heterocycles. The van der Waals surface area contributed by atoms with E-state index in [4.69, 9.17) is 10.5 Å². The summed E-state index contributed by atoms with van der Waals surface area (Å²) in [6, 6.07) is 21.9. The van der Waals surface area contributed by atoms with E-state index in [-0.39, 0.29) is 11.7 Å². The number of benzene rings is 2. The Balaban J connectivity index is 1.78. The molecule has 0 amide bonds. The first-order valence-electron chi connectivity index (χ1n) is 7.89. The fourth-order valence-electron chi connectivity index (χ4n) is 2.29. The van der Waals surface area contributed by atoms with Gasteiger partial charge in [0.2, 0.25) is 0 Å². The van der Waals surface area contributed by atoms with E-state index in [0.717, 1.165) is 5.56 Å². The number of nitrogens with zero attached hydrogens (tertiary/aromatic N) is 2. The number of hydrogen-bond donors (Lipinski definition) is 1. The van der Waals surface area contributed by atoms with E-state index in [1.165, 1.54) is 0 Å². The average molecular weight is 335 g/mol. The summed E-state index contributed by atoms with van der Waals surface area (Å²) in [6.45, 7) is 0.368. The number of ether oxygens (including phenoxy) is 1. The SMILES string of the molecule is NC(=Nc1ncccc1OCc1ccccc1)C(F)c1ccccc1. The lowest BCUT2D eigenvalue weighted by molar-refractivity contribution is 0.306. The molecule has 2 N–H and O–H groups in total. The number of pyridine rings is 1. The molecule has 0 saturated heterocycles. The molecule has 3 aromatic rings. The molecule has 25 heavy (non-hydrogen) atoms. The third-order valence-electron chi connectivity index (χ3n) is 3.57. The molecule has 2 aromatic carbocycles. The maximum atomic E-state index is 14.5. The Morgan fingerprint density at radius 1 is 1.00 bits per heavy atom. The Labute approximate surface area is 145 Å². The van der Waals surface area contributed by atoms with Crippen molar-refractivity contribution in [3.8, 4) is 5.75 Å². The summed E-state index contributed by atoms with van der Waals surface area (Å²) in [5.41, 5.74) is 7.30. The Kier molecular flexibility index (Phi) is 5.36. The topological polar surface area (TPSA) is 60.5 Å². The van der Waals surface area contributed by atoms with Crippen LogP contribution >= 0.6 is 0 Å². The molecule has 5 heteroatoms. The van der Waals surface area contributed by atoms with Gasteiger partial charge in [-0.2, -0.15) is 0 Å². The second kappa shape index (κ2) is 8.06. The molecule has 0 saturated carbocycles. The van der Waals surface area contributed by atoms with Crippen LogP contribution in [0.25, 0.3) is 0 Å². The van der Waals surface area contributed by atoms with Crippen LogP contribution in [0, 0.1) is 0 Å². The van der Waals surface area contributed by atoms with Crippen LogP contribution in [0.4, 0.5) is 10.2 Å². The van der Waals surface area contributed by atoms with Crippen molar-refractivity contribution in [2.75, 3.05) is 0 Å². The van der Waals surface area contributed by atoms with Crippen LogP contribution in [0.5, 0.6) is 5.75 Å². The smallest absolute Gasteiger partial charge is 0.196 e. The van der Waals surface area contributed by atoms with Gasteiger partial charge in [-0.25, -0.2) is 14.4 Å². The second-order valence-electron chi connectivity index (χ2n) is 5.41. The van der Waals surface area contributed by atoms with Gasteiger partial charge >= 0.3 is 0 Å². The summed E-state index contributed by atoms with van der Waals surface area (Å²) < 4.78 is 20.2. The zero-order valence-corrected chi connectivity index (χ0v) is 13.5. The molecule has 0 aliphatic carbocycles. The Morgan fingerprint density at radius 3 is 2.40 bits per heavy atom. The molecule has 3 rings (SSSR count). The number of nitrogens with two attached hydrogens (primary N) is 1. The van der Waals surface area contributed by atoms with Gasteiger partial charge in [0.15, 0.2) is 17.7 Å². The van der Waals surface area contributed by atoms with Crippen LogP contribution in [-0.4, -0.2) is 10.8 Å². The lowest BCUT2D eigenvalue weighted by Crippen LogP contribution is -2.18. The molecule has 1 atom stereocenters. The Hall–Kier alpha value is -3.21. The summed E-state index contributed by atoms with van der Waals surface area (Å²) in [5.74, 6) is 0.554. The molecule has 126 valence electrons. The summed E-state index contributed by atoms with van der Waals surface area (Å²) >= 11 is 0. The zero-order chi connectivity index (χ0) is 17.5. The van der Waals surface area contributed by atoms with E-state index < -0.39 is 6.17 Å². The highest BCUT2D eigenvalue weighted by atomic mass is 19.1. The van der Waals surface area contributed by atoms with Crippen LogP contribution in [0.2, 0.25) is 0 Å². The predicted octanol–water partition coefficient (Wildman–Crippen LogP) is 4.36. The van der Waals surface area contributed by atoms with Crippen molar-refractivity contribution in [1.82, 2.24) is 4.98 Å². The first kappa shape index (κ1) is 16.6. The van der Waals surface area contributed by atoms with Gasteiger partial charge in [-0.1, -0.05) is 60.7 Å². The fraction of sp³-hybridized carbons (Fsp3) is 0.100. The standard InChI is InChI=1S/C20H18FN3O/c21-18(16-10-5-2-6-11-16)19(22)24-20-17(12-7-13-23-20)25-14-15-8-3-1-4-9-15/h1-13,18H,14H2,(H2,22,23,24). The lowest BCUT2D eigenvalue weighted by Gasteiger charge is -2.10. The highest BCUT2D eigenvalue weighted by molar-refractivity contribution is 5.88. The third-order valence-corrected chi connectivity index (χ3v) is 3.57. The van der Waals surface area contributed by atoms with Gasteiger partial charge < -0.3 is 10.5 Å². The van der Waals surface area contributed by atoms with Gasteiger partial charge in [-0.05, 0) is 23.3 Å². The molecule has 1 unspecified atom stereocenters. The zero-order valence-electron chi connectivity index (χ0n) is 13.5. The maximum absolute atomic E-state index is 14.5. The Bertz CT molecular complexity index is 838. The largest absolute Gasteiger partial charge is 0.485 e. The number of halogens is 1. The van der Waals surface area contributed by atoms with E-state index in [0.29, 0.717) is 17.9 Å². The number of amidine groups is 1. The van der Waals surface area contributed by atoms with E-state index in [9.17, 15) is 4.39 Å². The molecular formula is C20H18FN3O. The van der Waals surface area contributed by atoms with Crippen LogP contribution in [-0.2, 0) is 6.61 Å². The van der Waals surface area contributed by atoms with E-state index >= 15 is 0 Å². The minimum atomic E-state index is -1.50. The first-order valence-corrected chi connectivity index (χ1v) is 7.89. The molecule has 0 bridgehead atoms. The van der Waals surface area contributed by atoms with Crippen molar-refractivity contribution in [2.24, 2.45) is 10.7 Å². The van der Waals surface area contributed by atoms with E-state index in [1.54, 1.807) is 42.6 Å². The summed E-state index contributed by atoms with van der Waals surface area (Å²) in [7, 11) is 0. The maximum Gasteiger partial charge on any atom is 0.196 e. The molecule has 0 aliphatic heterocycles. The van der Waals surface area contributed by atoms with Crippen molar-refractivity contribution in [1.29, 1.82) is 0 Å². The highest BCUT2D eigenvalue weighted by Gasteiger charge is 2.15. The monoisotopic (exact) mass is 335 g/mol. The summed E-state index contributed by atoms with van der Waals surface area (Å²) in [4.78, 5) is 8.28. The van der Waals surface area contributed by atoms with Crippen molar-refractivity contribution >= 4 is 11.7 Å². The highest BCUT2D eigenvalue weighted by Crippen LogP contribution is 2.27.